The van der Waals surface area contributed by atoms with Gasteiger partial charge in [-0.15, -0.1) is 11.3 Å². The van der Waals surface area contributed by atoms with Gasteiger partial charge in [0.1, 0.15) is 39.4 Å². The van der Waals surface area contributed by atoms with Gasteiger partial charge in [0.05, 0.1) is 0 Å². The molecule has 0 unspecified atom stereocenters. The first-order valence-electron chi connectivity index (χ1n) is 43.4. The lowest BCUT2D eigenvalue weighted by Crippen LogP contribution is -2.31. The Morgan fingerprint density at radius 3 is 0.984 bits per heavy atom. The highest BCUT2D eigenvalue weighted by atomic mass is 32.1. The van der Waals surface area contributed by atoms with Gasteiger partial charge in [0.2, 0.25) is 22.8 Å². The van der Waals surface area contributed by atoms with Gasteiger partial charge in [0, 0.05) is 111 Å². The van der Waals surface area contributed by atoms with Gasteiger partial charge in [-0.3, -0.25) is 0 Å². The summed E-state index contributed by atoms with van der Waals surface area (Å²) in [5, 5.41) is 5.06. The summed E-state index contributed by atoms with van der Waals surface area (Å²) in [5.41, 5.74) is 49.8. The quantitative estimate of drug-likeness (QED) is 0.139. The van der Waals surface area contributed by atoms with Crippen LogP contribution in [0.5, 0.6) is 0 Å². The Balaban J connectivity index is 0.000000111. The topological polar surface area (TPSA) is 28.7 Å². The van der Waals surface area contributed by atoms with Crippen molar-refractivity contribution in [1.82, 2.24) is 0 Å². The van der Waals surface area contributed by atoms with Crippen molar-refractivity contribution in [1.29, 1.82) is 0 Å². The maximum Gasteiger partial charge on any atom is 0.213 e. The molecule has 18 aromatic rings. The van der Waals surface area contributed by atoms with Crippen molar-refractivity contribution in [3.8, 4) is 112 Å². The van der Waals surface area contributed by atoms with E-state index in [1.165, 1.54) is 246 Å². The van der Waals surface area contributed by atoms with Crippen LogP contribution in [-0.4, -0.2) is 0 Å². The Labute approximate surface area is 725 Å². The Kier molecular flexibility index (Phi) is 21.1. The molecule has 0 radical (unpaired) electrons. The van der Waals surface area contributed by atoms with E-state index in [4.69, 9.17) is 4.42 Å². The highest BCUT2D eigenvalue weighted by molar-refractivity contribution is 7.25. The molecule has 0 atom stereocenters. The number of hydrogen-bond donors (Lipinski definition) is 0. The van der Waals surface area contributed by atoms with Crippen LogP contribution in [0.15, 0.2) is 296 Å². The minimum absolute atomic E-state index is 0.0128. The second-order valence-corrected chi connectivity index (χ2v) is 37.0. The van der Waals surface area contributed by atoms with E-state index in [0.29, 0.717) is 0 Å². The van der Waals surface area contributed by atoms with Crippen LogP contribution in [0.2, 0.25) is 0 Å². The molecule has 3 aliphatic rings. The Bertz CT molecular complexity index is 7040. The number of furan rings is 1. The molecule has 0 aliphatic heterocycles. The van der Waals surface area contributed by atoms with E-state index in [1.807, 2.05) is 11.3 Å². The van der Waals surface area contributed by atoms with Crippen molar-refractivity contribution in [3.63, 3.8) is 0 Å². The minimum Gasteiger partial charge on any atom is -0.456 e. The number of nitrogens with zero attached hydrogens (tertiary/aromatic N) is 4. The standard InChI is InChI=1S/C32H32N.C30H30N.C27H24NO.C27H24NS/c1-21-11-13-26-27-14-12-24(18-30(27)32(29(26)17-21)15-7-8-16-32)28-19-31(33(4)20-23(28)3)25-10-6-5-9-22(25)2;1-19-11-13-24-25-14-12-22(16-28(25)30(4,5)27(24)15-19)26-17-29(31(6)18-21(26)3)23-10-8-7-9-20(23)2;2*1-17-9-11-22-23-12-10-20(14-27(23)29-26(22)13-17)24-15-25(28(4)16-19(24)3)21-8-6-5-7-18(21)2/h5-6,9-14,17-20H,7-8,15-16H2,1-4H3;7-18H,1-6H3;2*5-16H,1-4H3/q4*+1. The molecule has 6 heteroatoms. The zero-order valence-electron chi connectivity index (χ0n) is 74.1. The van der Waals surface area contributed by atoms with Crippen LogP contribution in [0.4, 0.5) is 0 Å². The molecule has 0 bridgehead atoms. The lowest BCUT2D eigenvalue weighted by molar-refractivity contribution is -0.660. The van der Waals surface area contributed by atoms with Crippen LogP contribution in [0, 0.1) is 83.1 Å². The third kappa shape index (κ3) is 14.6. The van der Waals surface area contributed by atoms with Gasteiger partial charge in [0.15, 0.2) is 24.8 Å². The first-order chi connectivity index (χ1) is 58.8. The van der Waals surface area contributed by atoms with Crippen molar-refractivity contribution in [2.24, 2.45) is 28.2 Å². The van der Waals surface area contributed by atoms with E-state index >= 15 is 0 Å². The Morgan fingerprint density at radius 2 is 0.549 bits per heavy atom. The molecule has 0 saturated heterocycles. The van der Waals surface area contributed by atoms with E-state index < -0.39 is 0 Å². The first kappa shape index (κ1) is 80.3. The van der Waals surface area contributed by atoms with Crippen LogP contribution in [-0.2, 0) is 39.0 Å². The number of hydrogen-bond acceptors (Lipinski definition) is 2. The number of aryl methyl sites for hydroxylation is 16. The molecule has 5 nitrogen and oxygen atoms in total. The second kappa shape index (κ2) is 32.0. The second-order valence-electron chi connectivity index (χ2n) is 35.9. The normalized spacial score (nSPS) is 13.2. The van der Waals surface area contributed by atoms with E-state index in [-0.39, 0.29) is 10.8 Å². The summed E-state index contributed by atoms with van der Waals surface area (Å²) in [6.07, 6.45) is 14.2. The van der Waals surface area contributed by atoms with Gasteiger partial charge in [0.25, 0.3) is 0 Å². The fraction of sp³-hybridized carbons (Fsp3) is 0.207. The smallest absolute Gasteiger partial charge is 0.213 e. The van der Waals surface area contributed by atoms with Crippen LogP contribution < -0.4 is 18.3 Å². The zero-order valence-corrected chi connectivity index (χ0v) is 75.0. The maximum absolute atomic E-state index is 6.19. The summed E-state index contributed by atoms with van der Waals surface area (Å²) in [6.45, 7) is 31.0. The molecule has 0 amide bonds. The Hall–Kier alpha value is -12.7. The highest BCUT2D eigenvalue weighted by Gasteiger charge is 2.45. The summed E-state index contributed by atoms with van der Waals surface area (Å²) in [7, 11) is 8.55. The predicted octanol–water partition coefficient (Wildman–Crippen LogP) is 28.5. The molecule has 3 aliphatic carbocycles. The number of fused-ring (bicyclic) bond motifs is 14. The molecule has 21 rings (SSSR count). The zero-order chi connectivity index (χ0) is 84.9. The lowest BCUT2D eigenvalue weighted by atomic mass is 9.76. The van der Waals surface area contributed by atoms with Gasteiger partial charge in [-0.1, -0.05) is 214 Å². The monoisotopic (exact) mass is 1610 g/mol. The van der Waals surface area contributed by atoms with Crippen molar-refractivity contribution in [3.05, 3.63) is 381 Å². The fourth-order valence-corrected chi connectivity index (χ4v) is 21.5. The molecule has 0 N–H and O–H groups in total. The van der Waals surface area contributed by atoms with Crippen molar-refractivity contribution < 1.29 is 22.7 Å². The molecular formula is C116H110N4OS+4. The number of benzene rings is 12. The summed E-state index contributed by atoms with van der Waals surface area (Å²) >= 11 is 1.89. The fourth-order valence-electron chi connectivity index (χ4n) is 20.3. The van der Waals surface area contributed by atoms with Crippen molar-refractivity contribution in [2.45, 2.75) is 133 Å². The van der Waals surface area contributed by atoms with Crippen molar-refractivity contribution >= 4 is 53.4 Å². The number of aromatic nitrogens is 4. The number of rotatable bonds is 8. The number of pyridine rings is 4. The van der Waals surface area contributed by atoms with Crippen molar-refractivity contribution in [2.75, 3.05) is 0 Å². The van der Waals surface area contributed by atoms with Crippen LogP contribution in [0.3, 0.4) is 0 Å². The van der Waals surface area contributed by atoms with E-state index in [1.54, 1.807) is 11.1 Å². The largest absolute Gasteiger partial charge is 0.456 e. The molecule has 122 heavy (non-hydrogen) atoms. The predicted molar refractivity (Wildman–Crippen MR) is 513 cm³/mol. The van der Waals surface area contributed by atoms with Crippen LogP contribution in [0.1, 0.15) is 129 Å². The summed E-state index contributed by atoms with van der Waals surface area (Å²) in [4.78, 5) is 0. The molecule has 6 heterocycles. The van der Waals surface area contributed by atoms with Crippen LogP contribution >= 0.6 is 11.3 Å². The van der Waals surface area contributed by atoms with Gasteiger partial charge in [-0.2, -0.15) is 0 Å². The molecule has 1 saturated carbocycles. The molecule has 1 fully saturated rings. The van der Waals surface area contributed by atoms with E-state index in [9.17, 15) is 0 Å². The lowest BCUT2D eigenvalue weighted by Gasteiger charge is -2.27. The van der Waals surface area contributed by atoms with Gasteiger partial charge >= 0.3 is 0 Å². The van der Waals surface area contributed by atoms with Crippen LogP contribution in [0.25, 0.3) is 154 Å². The highest BCUT2D eigenvalue weighted by Crippen LogP contribution is 2.58. The van der Waals surface area contributed by atoms with Gasteiger partial charge < -0.3 is 4.42 Å². The van der Waals surface area contributed by atoms with Gasteiger partial charge in [-0.05, 0) is 285 Å². The summed E-state index contributed by atoms with van der Waals surface area (Å²) in [5.74, 6) is 0. The minimum atomic E-state index is 0.0128. The third-order valence-electron chi connectivity index (χ3n) is 26.9. The van der Waals surface area contributed by atoms with E-state index in [0.717, 1.165) is 11.2 Å². The number of thiophene rings is 1. The van der Waals surface area contributed by atoms with Gasteiger partial charge in [-0.25, -0.2) is 18.3 Å². The molecular weight excluding hydrogens is 1500 g/mol. The molecule has 602 valence electrons. The molecule has 6 aromatic heterocycles. The summed E-state index contributed by atoms with van der Waals surface area (Å²) in [6, 6.07) is 98.8. The summed E-state index contributed by atoms with van der Waals surface area (Å²) < 4.78 is 17.9. The molecule has 1 spiro atoms. The average Bonchev–Trinajstić information content (AvgIpc) is 1.55. The first-order valence-corrected chi connectivity index (χ1v) is 44.2. The van der Waals surface area contributed by atoms with E-state index in [2.05, 4.69) is 435 Å². The average molecular weight is 1610 g/mol. The third-order valence-corrected chi connectivity index (χ3v) is 28.0. The Morgan fingerprint density at radius 1 is 0.254 bits per heavy atom. The SMILES string of the molecule is Cc1ccc2c(c1)C(C)(C)c1cc(-c3cc(-c4ccccc4C)[n+](C)cc3C)ccc1-2.Cc1ccc2c(c1)C1(CCCC1)c1cc(-c3cc(-c4ccccc4C)[n+](C)cc3C)ccc1-2.Cc1ccc2c(c1)oc1cc(-c3cc(-c4ccccc4C)[n+](C)cc3C)ccc12.Cc1ccc2c(c1)sc1cc(-c3cc(-c4ccccc4C)[n+](C)cc3C)ccc12. The maximum atomic E-state index is 6.19. The molecule has 12 aromatic carbocycles.